The average Bonchev–Trinajstić information content (AvgIpc) is 2.56. The summed E-state index contributed by atoms with van der Waals surface area (Å²) >= 11 is 5.87. The van der Waals surface area contributed by atoms with Gasteiger partial charge in [0.15, 0.2) is 5.60 Å². The Morgan fingerprint density at radius 3 is 2.62 bits per heavy atom. The molecule has 1 aromatic rings. The van der Waals surface area contributed by atoms with Crippen molar-refractivity contribution >= 4 is 23.4 Å². The highest BCUT2D eigenvalue weighted by Crippen LogP contribution is 2.25. The Hall–Kier alpha value is -1.75. The first-order chi connectivity index (χ1) is 11.3. The molecule has 1 aliphatic rings. The molecule has 6 heteroatoms. The molecular formula is C18H25ClN2O3. The fourth-order valence-electron chi connectivity index (χ4n) is 2.92. The Labute approximate surface area is 148 Å². The van der Waals surface area contributed by atoms with Gasteiger partial charge >= 0.3 is 0 Å². The Bertz CT molecular complexity index is 586. The van der Waals surface area contributed by atoms with Crippen molar-refractivity contribution in [2.45, 2.75) is 39.2 Å². The van der Waals surface area contributed by atoms with E-state index in [4.69, 9.17) is 16.3 Å². The number of piperidine rings is 1. The van der Waals surface area contributed by atoms with Gasteiger partial charge in [-0.15, -0.1) is 0 Å². The van der Waals surface area contributed by atoms with Crippen LogP contribution in [0.15, 0.2) is 24.3 Å². The third kappa shape index (κ3) is 4.63. The van der Waals surface area contributed by atoms with Gasteiger partial charge in [0, 0.05) is 24.7 Å². The lowest BCUT2D eigenvalue weighted by molar-refractivity contribution is -0.148. The van der Waals surface area contributed by atoms with Gasteiger partial charge < -0.3 is 15.0 Å². The third-order valence-corrected chi connectivity index (χ3v) is 4.38. The second-order valence-corrected chi connectivity index (χ2v) is 6.99. The predicted octanol–water partition coefficient (Wildman–Crippen LogP) is 2.87. The van der Waals surface area contributed by atoms with E-state index in [-0.39, 0.29) is 17.7 Å². The summed E-state index contributed by atoms with van der Waals surface area (Å²) in [6.45, 7) is 7.10. The van der Waals surface area contributed by atoms with Crippen LogP contribution in [0, 0.1) is 5.92 Å². The molecule has 1 atom stereocenters. The highest BCUT2D eigenvalue weighted by atomic mass is 35.5. The monoisotopic (exact) mass is 352 g/mol. The summed E-state index contributed by atoms with van der Waals surface area (Å²) in [4.78, 5) is 26.6. The standard InChI is InChI=1S/C18H25ClN2O3/c1-4-20-16(22)13-6-5-11-21(12-13)17(23)18(2,3)24-15-9-7-14(19)8-10-15/h7-10,13H,4-6,11-12H2,1-3H3,(H,20,22). The van der Waals surface area contributed by atoms with Gasteiger partial charge in [-0.25, -0.2) is 0 Å². The molecule has 0 aromatic heterocycles. The number of nitrogens with one attached hydrogen (secondary N) is 1. The maximum atomic E-state index is 12.9. The van der Waals surface area contributed by atoms with E-state index < -0.39 is 5.60 Å². The second-order valence-electron chi connectivity index (χ2n) is 6.55. The topological polar surface area (TPSA) is 58.6 Å². The molecule has 2 amide bonds. The minimum absolute atomic E-state index is 0.0198. The lowest BCUT2D eigenvalue weighted by Crippen LogP contribution is -2.53. The van der Waals surface area contributed by atoms with Crippen LogP contribution >= 0.6 is 11.6 Å². The van der Waals surface area contributed by atoms with Gasteiger partial charge in [-0.05, 0) is 57.9 Å². The van der Waals surface area contributed by atoms with E-state index in [1.54, 1.807) is 43.0 Å². The third-order valence-electron chi connectivity index (χ3n) is 4.13. The molecule has 1 unspecified atom stereocenters. The predicted molar refractivity (Wildman–Crippen MR) is 94.1 cm³/mol. The molecule has 0 saturated carbocycles. The summed E-state index contributed by atoms with van der Waals surface area (Å²) in [5.74, 6) is 0.363. The minimum atomic E-state index is -1.00. The summed E-state index contributed by atoms with van der Waals surface area (Å²) in [6.07, 6.45) is 1.64. The van der Waals surface area contributed by atoms with Gasteiger partial charge in [-0.3, -0.25) is 9.59 Å². The van der Waals surface area contributed by atoms with E-state index in [2.05, 4.69) is 5.32 Å². The van der Waals surface area contributed by atoms with Crippen molar-refractivity contribution in [1.29, 1.82) is 0 Å². The van der Waals surface area contributed by atoms with E-state index in [1.807, 2.05) is 6.92 Å². The maximum Gasteiger partial charge on any atom is 0.266 e. The van der Waals surface area contributed by atoms with Crippen molar-refractivity contribution in [3.8, 4) is 5.75 Å². The zero-order chi connectivity index (χ0) is 17.7. The fraction of sp³-hybridized carbons (Fsp3) is 0.556. The summed E-state index contributed by atoms with van der Waals surface area (Å²) in [5.41, 5.74) is -1.00. The van der Waals surface area contributed by atoms with Crippen molar-refractivity contribution < 1.29 is 14.3 Å². The molecule has 1 heterocycles. The summed E-state index contributed by atoms with van der Waals surface area (Å²) in [6, 6.07) is 6.93. The van der Waals surface area contributed by atoms with E-state index in [0.29, 0.717) is 30.4 Å². The van der Waals surface area contributed by atoms with Crippen LogP contribution in [0.5, 0.6) is 5.75 Å². The highest BCUT2D eigenvalue weighted by molar-refractivity contribution is 6.30. The van der Waals surface area contributed by atoms with Gasteiger partial charge in [-0.2, -0.15) is 0 Å². The van der Waals surface area contributed by atoms with Crippen molar-refractivity contribution in [2.24, 2.45) is 5.92 Å². The van der Waals surface area contributed by atoms with Crippen molar-refractivity contribution in [3.63, 3.8) is 0 Å². The zero-order valence-corrected chi connectivity index (χ0v) is 15.2. The van der Waals surface area contributed by atoms with Crippen LogP contribution in [0.3, 0.4) is 0 Å². The molecule has 1 N–H and O–H groups in total. The Morgan fingerprint density at radius 1 is 1.33 bits per heavy atom. The smallest absolute Gasteiger partial charge is 0.266 e. The number of ether oxygens (including phenoxy) is 1. The molecule has 1 saturated heterocycles. The summed E-state index contributed by atoms with van der Waals surface area (Å²) in [7, 11) is 0. The van der Waals surface area contributed by atoms with E-state index >= 15 is 0 Å². The zero-order valence-electron chi connectivity index (χ0n) is 14.5. The molecule has 1 aliphatic heterocycles. The maximum absolute atomic E-state index is 12.9. The van der Waals surface area contributed by atoms with E-state index in [9.17, 15) is 9.59 Å². The molecule has 0 radical (unpaired) electrons. The van der Waals surface area contributed by atoms with Crippen molar-refractivity contribution in [2.75, 3.05) is 19.6 Å². The number of rotatable bonds is 5. The van der Waals surface area contributed by atoms with Gasteiger partial charge in [0.1, 0.15) is 5.75 Å². The number of nitrogens with zero attached hydrogens (tertiary/aromatic N) is 1. The summed E-state index contributed by atoms with van der Waals surface area (Å²) < 4.78 is 5.86. The molecule has 0 bridgehead atoms. The van der Waals surface area contributed by atoms with Gasteiger partial charge in [-0.1, -0.05) is 11.6 Å². The first-order valence-electron chi connectivity index (χ1n) is 8.35. The lowest BCUT2D eigenvalue weighted by Gasteiger charge is -2.37. The van der Waals surface area contributed by atoms with E-state index in [0.717, 1.165) is 12.8 Å². The van der Waals surface area contributed by atoms with Crippen LogP contribution in [0.4, 0.5) is 0 Å². The van der Waals surface area contributed by atoms with Crippen molar-refractivity contribution in [1.82, 2.24) is 10.2 Å². The molecule has 1 fully saturated rings. The molecule has 5 nitrogen and oxygen atoms in total. The van der Waals surface area contributed by atoms with E-state index in [1.165, 1.54) is 0 Å². The highest BCUT2D eigenvalue weighted by Gasteiger charge is 2.37. The Morgan fingerprint density at radius 2 is 2.00 bits per heavy atom. The van der Waals surface area contributed by atoms with Gasteiger partial charge in [0.05, 0.1) is 5.92 Å². The van der Waals surface area contributed by atoms with Crippen molar-refractivity contribution in [3.05, 3.63) is 29.3 Å². The number of carbonyl (C=O) groups excluding carboxylic acids is 2. The first-order valence-corrected chi connectivity index (χ1v) is 8.73. The van der Waals surface area contributed by atoms with Crippen LogP contribution in [-0.4, -0.2) is 41.9 Å². The van der Waals surface area contributed by atoms with Crippen LogP contribution in [0.1, 0.15) is 33.6 Å². The number of carbonyl (C=O) groups is 2. The average molecular weight is 353 g/mol. The second kappa shape index (κ2) is 7.88. The number of hydrogen-bond donors (Lipinski definition) is 1. The normalized spacial score (nSPS) is 18.2. The fourth-order valence-corrected chi connectivity index (χ4v) is 3.04. The Kier molecular flexibility index (Phi) is 6.10. The molecule has 2 rings (SSSR count). The molecule has 0 spiro atoms. The molecule has 1 aromatic carbocycles. The number of halogens is 1. The molecule has 24 heavy (non-hydrogen) atoms. The quantitative estimate of drug-likeness (QED) is 0.886. The Balaban J connectivity index is 2.02. The SMILES string of the molecule is CCNC(=O)C1CCCN(C(=O)C(C)(C)Oc2ccc(Cl)cc2)C1. The number of hydrogen-bond acceptors (Lipinski definition) is 3. The van der Waals surface area contributed by atoms with Crippen LogP contribution in [-0.2, 0) is 9.59 Å². The minimum Gasteiger partial charge on any atom is -0.478 e. The van der Waals surface area contributed by atoms with Crippen LogP contribution in [0.2, 0.25) is 5.02 Å². The van der Waals surface area contributed by atoms with Gasteiger partial charge in [0.2, 0.25) is 5.91 Å². The van der Waals surface area contributed by atoms with Crippen LogP contribution in [0.25, 0.3) is 0 Å². The lowest BCUT2D eigenvalue weighted by atomic mass is 9.95. The number of amides is 2. The van der Waals surface area contributed by atoms with Crippen LogP contribution < -0.4 is 10.1 Å². The number of likely N-dealkylation sites (tertiary alicyclic amines) is 1. The largest absolute Gasteiger partial charge is 0.478 e. The number of benzene rings is 1. The molecule has 132 valence electrons. The van der Waals surface area contributed by atoms with Gasteiger partial charge in [0.25, 0.3) is 5.91 Å². The first kappa shape index (κ1) is 18.6. The molecule has 0 aliphatic carbocycles. The molecular weight excluding hydrogens is 328 g/mol. The summed E-state index contributed by atoms with van der Waals surface area (Å²) in [5, 5.41) is 3.46.